The van der Waals surface area contributed by atoms with Crippen molar-refractivity contribution in [2.75, 3.05) is 28.3 Å². The summed E-state index contributed by atoms with van der Waals surface area (Å²) in [4.78, 5) is 18.8. The minimum atomic E-state index is -0.284. The molecule has 0 radical (unpaired) electrons. The van der Waals surface area contributed by atoms with E-state index in [0.29, 0.717) is 29.8 Å². The van der Waals surface area contributed by atoms with E-state index in [-0.39, 0.29) is 5.82 Å². The zero-order valence-electron chi connectivity index (χ0n) is 15.0. The number of carbonyl (C=O) groups excluding carboxylic acids is 1. The standard InChI is InChI=1S/C14H13FN2O.C2H7N.C2H6O/c1-10-16-7-12(8-17-10)2-4-13-6-11(9-18)3-5-14(13)15;2*1-3-2/h3,5-9H,2,4H2,1H3;3H,1-2H3;1-2H3. The molecule has 0 saturated carbocycles. The second kappa shape index (κ2) is 13.3. The van der Waals surface area contributed by atoms with Crippen LogP contribution in [0.15, 0.2) is 30.6 Å². The predicted octanol–water partition coefficient (Wildman–Crippen LogP) is 2.62. The molecule has 0 bridgehead atoms. The monoisotopic (exact) mass is 335 g/mol. The SMILES string of the molecule is CNC.COC.Cc1ncc(CCc2cc(C=O)ccc2F)cn1. The van der Waals surface area contributed by atoms with Crippen LogP contribution < -0.4 is 5.32 Å². The number of aromatic nitrogens is 2. The summed E-state index contributed by atoms with van der Waals surface area (Å²) in [6.07, 6.45) is 5.38. The number of benzene rings is 1. The van der Waals surface area contributed by atoms with E-state index in [1.54, 1.807) is 32.7 Å². The Kier molecular flexibility index (Phi) is 12.1. The highest BCUT2D eigenvalue weighted by molar-refractivity contribution is 5.74. The van der Waals surface area contributed by atoms with Gasteiger partial charge in [-0.25, -0.2) is 14.4 Å². The van der Waals surface area contributed by atoms with Crippen LogP contribution in [0, 0.1) is 12.7 Å². The maximum atomic E-state index is 13.5. The van der Waals surface area contributed by atoms with E-state index >= 15 is 0 Å². The average Bonchev–Trinajstić information content (AvgIpc) is 2.57. The molecule has 0 fully saturated rings. The molecule has 0 amide bonds. The van der Waals surface area contributed by atoms with Gasteiger partial charge >= 0.3 is 0 Å². The number of ether oxygens (including phenoxy) is 1. The van der Waals surface area contributed by atoms with Crippen LogP contribution in [0.25, 0.3) is 0 Å². The lowest BCUT2D eigenvalue weighted by atomic mass is 10.0. The lowest BCUT2D eigenvalue weighted by Gasteiger charge is -2.04. The normalized spacial score (nSPS) is 9.25. The summed E-state index contributed by atoms with van der Waals surface area (Å²) in [6.45, 7) is 1.82. The Morgan fingerprint density at radius 2 is 1.71 bits per heavy atom. The van der Waals surface area contributed by atoms with Crippen molar-refractivity contribution in [1.29, 1.82) is 0 Å². The zero-order chi connectivity index (χ0) is 18.4. The molecule has 1 aromatic heterocycles. The molecule has 24 heavy (non-hydrogen) atoms. The molecule has 5 nitrogen and oxygen atoms in total. The molecule has 0 aliphatic heterocycles. The molecule has 0 aliphatic rings. The number of carbonyl (C=O) groups is 1. The number of methoxy groups -OCH3 is 1. The minimum Gasteiger partial charge on any atom is -0.388 e. The number of nitrogens with zero attached hydrogens (tertiary/aromatic N) is 2. The maximum absolute atomic E-state index is 13.5. The Hall–Kier alpha value is -2.18. The Balaban J connectivity index is 0.000000772. The Labute approximate surface area is 143 Å². The molecule has 2 rings (SSSR count). The second-order valence-corrected chi connectivity index (χ2v) is 5.02. The number of hydrogen-bond donors (Lipinski definition) is 1. The molecule has 1 N–H and O–H groups in total. The van der Waals surface area contributed by atoms with Crippen LogP contribution in [0.3, 0.4) is 0 Å². The first-order chi connectivity index (χ1) is 11.5. The highest BCUT2D eigenvalue weighted by Gasteiger charge is 2.04. The van der Waals surface area contributed by atoms with Gasteiger partial charge in [0.2, 0.25) is 0 Å². The molecule has 2 aromatic rings. The molecule has 132 valence electrons. The summed E-state index contributed by atoms with van der Waals surface area (Å²) >= 11 is 0. The van der Waals surface area contributed by atoms with E-state index in [1.165, 1.54) is 12.1 Å². The molecule has 6 heteroatoms. The van der Waals surface area contributed by atoms with Gasteiger partial charge < -0.3 is 10.1 Å². The first-order valence-corrected chi connectivity index (χ1v) is 7.52. The molecule has 0 unspecified atom stereocenters. The van der Waals surface area contributed by atoms with Gasteiger partial charge in [0.1, 0.15) is 17.9 Å². The predicted molar refractivity (Wildman–Crippen MR) is 93.9 cm³/mol. The van der Waals surface area contributed by atoms with Gasteiger partial charge in [-0.15, -0.1) is 0 Å². The van der Waals surface area contributed by atoms with Crippen LogP contribution in [-0.2, 0) is 17.6 Å². The van der Waals surface area contributed by atoms with E-state index in [4.69, 9.17) is 0 Å². The number of rotatable bonds is 4. The van der Waals surface area contributed by atoms with E-state index < -0.39 is 0 Å². The largest absolute Gasteiger partial charge is 0.388 e. The second-order valence-electron chi connectivity index (χ2n) is 5.02. The smallest absolute Gasteiger partial charge is 0.150 e. The number of hydrogen-bond acceptors (Lipinski definition) is 5. The summed E-state index contributed by atoms with van der Waals surface area (Å²) in [7, 11) is 7.00. The summed E-state index contributed by atoms with van der Waals surface area (Å²) in [5.41, 5.74) is 1.99. The van der Waals surface area contributed by atoms with Gasteiger partial charge in [-0.05, 0) is 63.2 Å². The maximum Gasteiger partial charge on any atom is 0.150 e. The third-order valence-corrected chi connectivity index (χ3v) is 2.72. The Bertz CT molecular complexity index is 587. The molecule has 0 saturated heterocycles. The van der Waals surface area contributed by atoms with Crippen molar-refractivity contribution in [2.45, 2.75) is 19.8 Å². The van der Waals surface area contributed by atoms with E-state index in [1.807, 2.05) is 21.0 Å². The van der Waals surface area contributed by atoms with Crippen molar-refractivity contribution in [3.63, 3.8) is 0 Å². The van der Waals surface area contributed by atoms with E-state index in [9.17, 15) is 9.18 Å². The van der Waals surface area contributed by atoms with Crippen molar-refractivity contribution in [3.8, 4) is 0 Å². The Morgan fingerprint density at radius 3 is 2.21 bits per heavy atom. The fourth-order valence-electron chi connectivity index (χ4n) is 1.69. The van der Waals surface area contributed by atoms with Gasteiger partial charge in [-0.2, -0.15) is 0 Å². The van der Waals surface area contributed by atoms with Crippen molar-refractivity contribution in [1.82, 2.24) is 15.3 Å². The van der Waals surface area contributed by atoms with Crippen molar-refractivity contribution in [2.24, 2.45) is 0 Å². The van der Waals surface area contributed by atoms with Gasteiger partial charge in [0.15, 0.2) is 0 Å². The highest BCUT2D eigenvalue weighted by Crippen LogP contribution is 2.12. The summed E-state index contributed by atoms with van der Waals surface area (Å²) in [5, 5.41) is 2.75. The van der Waals surface area contributed by atoms with Crippen molar-refractivity contribution in [3.05, 3.63) is 58.9 Å². The molecule has 0 atom stereocenters. The van der Waals surface area contributed by atoms with Gasteiger partial charge in [-0.1, -0.05) is 0 Å². The zero-order valence-corrected chi connectivity index (χ0v) is 15.0. The van der Waals surface area contributed by atoms with Gasteiger partial charge in [-0.3, -0.25) is 4.79 Å². The highest BCUT2D eigenvalue weighted by atomic mass is 19.1. The van der Waals surface area contributed by atoms with Crippen LogP contribution >= 0.6 is 0 Å². The van der Waals surface area contributed by atoms with Crippen LogP contribution in [0.5, 0.6) is 0 Å². The number of halogens is 1. The lowest BCUT2D eigenvalue weighted by Crippen LogP contribution is -1.98. The van der Waals surface area contributed by atoms with E-state index in [0.717, 1.165) is 11.8 Å². The third-order valence-electron chi connectivity index (χ3n) is 2.72. The van der Waals surface area contributed by atoms with Crippen molar-refractivity contribution < 1.29 is 13.9 Å². The molecular formula is C18H26FN3O2. The average molecular weight is 335 g/mol. The minimum absolute atomic E-state index is 0.284. The van der Waals surface area contributed by atoms with Crippen LogP contribution in [0.2, 0.25) is 0 Å². The lowest BCUT2D eigenvalue weighted by molar-refractivity contribution is 0.112. The van der Waals surface area contributed by atoms with E-state index in [2.05, 4.69) is 20.0 Å². The molecule has 1 aromatic carbocycles. The van der Waals surface area contributed by atoms with Gasteiger partial charge in [0.25, 0.3) is 0 Å². The fraction of sp³-hybridized carbons (Fsp3) is 0.389. The quantitative estimate of drug-likeness (QED) is 0.870. The molecule has 0 aliphatic carbocycles. The van der Waals surface area contributed by atoms with Crippen LogP contribution in [0.4, 0.5) is 4.39 Å². The first kappa shape index (κ1) is 21.8. The number of nitrogens with one attached hydrogen (secondary N) is 1. The first-order valence-electron chi connectivity index (χ1n) is 7.52. The fourth-order valence-corrected chi connectivity index (χ4v) is 1.69. The summed E-state index contributed by atoms with van der Waals surface area (Å²) < 4.78 is 17.8. The Morgan fingerprint density at radius 1 is 1.17 bits per heavy atom. The van der Waals surface area contributed by atoms with Crippen LogP contribution in [0.1, 0.15) is 27.3 Å². The summed E-state index contributed by atoms with van der Waals surface area (Å²) in [6, 6.07) is 4.38. The molecule has 0 spiro atoms. The molecular weight excluding hydrogens is 309 g/mol. The number of aldehydes is 1. The summed E-state index contributed by atoms with van der Waals surface area (Å²) in [5.74, 6) is 0.432. The van der Waals surface area contributed by atoms with Gasteiger partial charge in [0.05, 0.1) is 0 Å². The third kappa shape index (κ3) is 9.07. The number of aryl methyl sites for hydroxylation is 3. The topological polar surface area (TPSA) is 64.1 Å². The van der Waals surface area contributed by atoms with Crippen LogP contribution in [-0.4, -0.2) is 44.6 Å². The van der Waals surface area contributed by atoms with Crippen molar-refractivity contribution >= 4 is 6.29 Å². The van der Waals surface area contributed by atoms with Gasteiger partial charge in [0, 0.05) is 32.2 Å². The molecule has 1 heterocycles.